The van der Waals surface area contributed by atoms with Gasteiger partial charge in [0, 0.05) is 11.8 Å². The van der Waals surface area contributed by atoms with Gasteiger partial charge in [-0.15, -0.1) is 0 Å². The lowest BCUT2D eigenvalue weighted by Gasteiger charge is -2.13. The smallest absolute Gasteiger partial charge is 0.328 e. The Hall–Kier alpha value is -2.24. The minimum Gasteiger partial charge on any atom is -0.497 e. The summed E-state index contributed by atoms with van der Waals surface area (Å²) in [6, 6.07) is 3.99. The third-order valence-electron chi connectivity index (χ3n) is 2.49. The Morgan fingerprint density at radius 1 is 1.42 bits per heavy atom. The summed E-state index contributed by atoms with van der Waals surface area (Å²) in [5.41, 5.74) is 6.33. The first kappa shape index (κ1) is 14.8. The zero-order valence-corrected chi connectivity index (χ0v) is 11.2. The number of hydrogen-bond donors (Lipinski definition) is 2. The van der Waals surface area contributed by atoms with Crippen molar-refractivity contribution < 1.29 is 19.1 Å². The molecule has 0 bridgehead atoms. The number of nitrogens with one attached hydrogen (secondary N) is 1. The van der Waals surface area contributed by atoms with Crippen molar-refractivity contribution in [3.05, 3.63) is 23.8 Å². The van der Waals surface area contributed by atoms with Crippen LogP contribution in [-0.2, 0) is 9.53 Å². The Labute approximate surface area is 111 Å². The summed E-state index contributed by atoms with van der Waals surface area (Å²) < 4.78 is 9.80. The fourth-order valence-corrected chi connectivity index (χ4v) is 1.48. The topological polar surface area (TPSA) is 90.6 Å². The fourth-order valence-electron chi connectivity index (χ4n) is 1.48. The van der Waals surface area contributed by atoms with Gasteiger partial charge in [-0.1, -0.05) is 0 Å². The van der Waals surface area contributed by atoms with Crippen LogP contribution in [0.25, 0.3) is 0 Å². The van der Waals surface area contributed by atoms with Crippen LogP contribution in [0.2, 0.25) is 0 Å². The van der Waals surface area contributed by atoms with E-state index in [4.69, 9.17) is 15.2 Å². The number of methoxy groups -OCH3 is 1. The van der Waals surface area contributed by atoms with Crippen molar-refractivity contribution in [3.8, 4) is 5.75 Å². The highest BCUT2D eigenvalue weighted by atomic mass is 16.5. The summed E-state index contributed by atoms with van der Waals surface area (Å²) in [5.74, 6) is -0.351. The van der Waals surface area contributed by atoms with E-state index in [1.54, 1.807) is 32.0 Å². The first-order valence-electron chi connectivity index (χ1n) is 5.90. The number of benzene rings is 1. The number of carbonyl (C=O) groups excluding carboxylic acids is 2. The van der Waals surface area contributed by atoms with Gasteiger partial charge >= 0.3 is 5.97 Å². The van der Waals surface area contributed by atoms with Crippen molar-refractivity contribution in [1.82, 2.24) is 5.32 Å². The Bertz CT molecular complexity index is 474. The van der Waals surface area contributed by atoms with Crippen LogP contribution in [0.4, 0.5) is 5.69 Å². The number of hydrogen-bond acceptors (Lipinski definition) is 5. The molecule has 6 nitrogen and oxygen atoms in total. The van der Waals surface area contributed by atoms with E-state index in [1.807, 2.05) is 0 Å². The van der Waals surface area contributed by atoms with Gasteiger partial charge in [-0.25, -0.2) is 4.79 Å². The number of esters is 1. The number of rotatable bonds is 5. The van der Waals surface area contributed by atoms with E-state index < -0.39 is 17.9 Å². The maximum Gasteiger partial charge on any atom is 0.328 e. The zero-order valence-electron chi connectivity index (χ0n) is 11.2. The molecule has 0 saturated carbocycles. The van der Waals surface area contributed by atoms with Crippen LogP contribution < -0.4 is 15.8 Å². The summed E-state index contributed by atoms with van der Waals surface area (Å²) >= 11 is 0. The molecular formula is C13H18N2O4. The molecule has 0 saturated heterocycles. The quantitative estimate of drug-likeness (QED) is 0.612. The number of carbonyl (C=O) groups is 2. The highest BCUT2D eigenvalue weighted by Gasteiger charge is 2.18. The first-order chi connectivity index (χ1) is 8.99. The van der Waals surface area contributed by atoms with Gasteiger partial charge in [0.05, 0.1) is 19.3 Å². The third kappa shape index (κ3) is 3.87. The molecule has 0 spiro atoms. The molecule has 1 unspecified atom stereocenters. The number of anilines is 1. The molecule has 1 atom stereocenters. The molecule has 0 aliphatic carbocycles. The van der Waals surface area contributed by atoms with E-state index >= 15 is 0 Å². The average Bonchev–Trinajstić information content (AvgIpc) is 2.38. The molecule has 0 radical (unpaired) electrons. The van der Waals surface area contributed by atoms with Gasteiger partial charge in [-0.05, 0) is 26.0 Å². The normalized spacial score (nSPS) is 11.5. The summed E-state index contributed by atoms with van der Waals surface area (Å²) in [5, 5.41) is 2.52. The van der Waals surface area contributed by atoms with Gasteiger partial charge in [0.15, 0.2) is 0 Å². The third-order valence-corrected chi connectivity index (χ3v) is 2.49. The van der Waals surface area contributed by atoms with Crippen molar-refractivity contribution >= 4 is 17.6 Å². The highest BCUT2D eigenvalue weighted by molar-refractivity contribution is 6.01. The fraction of sp³-hybridized carbons (Fsp3) is 0.385. The minimum absolute atomic E-state index is 0.268. The molecule has 104 valence electrons. The molecule has 6 heteroatoms. The van der Waals surface area contributed by atoms with Crippen molar-refractivity contribution in [1.29, 1.82) is 0 Å². The number of amides is 1. The van der Waals surface area contributed by atoms with E-state index in [1.165, 1.54) is 7.11 Å². The SMILES string of the molecule is CCOC(=O)C(C)NC(=O)c1ccc(OC)cc1N. The van der Waals surface area contributed by atoms with Crippen LogP contribution in [0.1, 0.15) is 24.2 Å². The number of nitrogens with two attached hydrogens (primary N) is 1. The van der Waals surface area contributed by atoms with Crippen molar-refractivity contribution in [2.75, 3.05) is 19.5 Å². The molecular weight excluding hydrogens is 248 g/mol. The molecule has 1 amide bonds. The number of ether oxygens (including phenoxy) is 2. The Morgan fingerprint density at radius 2 is 2.11 bits per heavy atom. The molecule has 19 heavy (non-hydrogen) atoms. The standard InChI is InChI=1S/C13H18N2O4/c1-4-19-13(17)8(2)15-12(16)10-6-5-9(18-3)7-11(10)14/h5-8H,4,14H2,1-3H3,(H,15,16). The van der Waals surface area contributed by atoms with Crippen molar-refractivity contribution in [3.63, 3.8) is 0 Å². The van der Waals surface area contributed by atoms with Crippen LogP contribution in [0.15, 0.2) is 18.2 Å². The van der Waals surface area contributed by atoms with E-state index in [2.05, 4.69) is 5.32 Å². The Kier molecular flexibility index (Phi) is 5.17. The highest BCUT2D eigenvalue weighted by Crippen LogP contribution is 2.19. The monoisotopic (exact) mass is 266 g/mol. The first-order valence-corrected chi connectivity index (χ1v) is 5.90. The minimum atomic E-state index is -0.728. The van der Waals surface area contributed by atoms with Crippen molar-refractivity contribution in [2.45, 2.75) is 19.9 Å². The summed E-state index contributed by atoms with van der Waals surface area (Å²) in [6.45, 7) is 3.52. The lowest BCUT2D eigenvalue weighted by molar-refractivity contribution is -0.144. The maximum atomic E-state index is 11.9. The zero-order chi connectivity index (χ0) is 14.4. The molecule has 0 heterocycles. The van der Waals surface area contributed by atoms with E-state index in [0.717, 1.165) is 0 Å². The maximum absolute atomic E-state index is 11.9. The second-order valence-electron chi connectivity index (χ2n) is 3.90. The lowest BCUT2D eigenvalue weighted by Crippen LogP contribution is -2.39. The molecule has 0 aromatic heterocycles. The Balaban J connectivity index is 2.75. The molecule has 0 fully saturated rings. The predicted octanol–water partition coefficient (Wildman–Crippen LogP) is 0.959. The van der Waals surface area contributed by atoms with Crippen LogP contribution in [0, 0.1) is 0 Å². The predicted molar refractivity (Wildman–Crippen MR) is 71.0 cm³/mol. The summed E-state index contributed by atoms with van der Waals surface area (Å²) in [4.78, 5) is 23.4. The molecule has 1 rings (SSSR count). The van der Waals surface area contributed by atoms with E-state index in [0.29, 0.717) is 5.75 Å². The molecule has 3 N–H and O–H groups in total. The number of nitrogen functional groups attached to an aromatic ring is 1. The second kappa shape index (κ2) is 6.63. The van der Waals surface area contributed by atoms with Gasteiger partial charge in [-0.3, -0.25) is 4.79 Å². The van der Waals surface area contributed by atoms with Gasteiger partial charge in [-0.2, -0.15) is 0 Å². The van der Waals surface area contributed by atoms with Crippen LogP contribution >= 0.6 is 0 Å². The lowest BCUT2D eigenvalue weighted by atomic mass is 10.1. The molecule has 1 aromatic carbocycles. The molecule has 0 aliphatic heterocycles. The molecule has 1 aromatic rings. The second-order valence-corrected chi connectivity index (χ2v) is 3.90. The molecule has 0 aliphatic rings. The van der Waals surface area contributed by atoms with Gasteiger partial charge in [0.1, 0.15) is 11.8 Å². The van der Waals surface area contributed by atoms with Crippen LogP contribution in [-0.4, -0.2) is 31.6 Å². The van der Waals surface area contributed by atoms with Crippen LogP contribution in [0.5, 0.6) is 5.75 Å². The Morgan fingerprint density at radius 3 is 2.63 bits per heavy atom. The van der Waals surface area contributed by atoms with Crippen LogP contribution in [0.3, 0.4) is 0 Å². The summed E-state index contributed by atoms with van der Waals surface area (Å²) in [6.07, 6.45) is 0. The van der Waals surface area contributed by atoms with Gasteiger partial charge < -0.3 is 20.5 Å². The van der Waals surface area contributed by atoms with Crippen molar-refractivity contribution in [2.24, 2.45) is 0 Å². The van der Waals surface area contributed by atoms with E-state index in [-0.39, 0.29) is 17.9 Å². The van der Waals surface area contributed by atoms with Gasteiger partial charge in [0.25, 0.3) is 5.91 Å². The van der Waals surface area contributed by atoms with Gasteiger partial charge in [0.2, 0.25) is 0 Å². The largest absolute Gasteiger partial charge is 0.497 e. The average molecular weight is 266 g/mol. The summed E-state index contributed by atoms with van der Waals surface area (Å²) in [7, 11) is 1.51. The van der Waals surface area contributed by atoms with E-state index in [9.17, 15) is 9.59 Å².